The van der Waals surface area contributed by atoms with Gasteiger partial charge in [0.25, 0.3) is 0 Å². The van der Waals surface area contributed by atoms with Crippen molar-refractivity contribution in [3.8, 4) is 0 Å². The van der Waals surface area contributed by atoms with Gasteiger partial charge < -0.3 is 4.74 Å². The smallest absolute Gasteiger partial charge is 0.338 e. The van der Waals surface area contributed by atoms with Crippen LogP contribution in [0.4, 0.5) is 0 Å². The standard InChI is InChI=1S/C32H48N4O4/c1-3-5-7-9-14-18-29(37)34-33-28-21-20-25-22-26(40-32(39)24-16-12-11-13-17-24)23-27(28)31(25)36-35-30(38)19-15-10-8-6-4-2/h11-13,16-17,25-27H,3-10,14-15,18-23H2,1-2H3,(H,34,37)(H,35,38)/b33-28+,36-31+/t25-,26-,27-/m0/s1. The number of fused-ring (bicyclic) bond motifs is 2. The lowest BCUT2D eigenvalue weighted by Crippen LogP contribution is -2.46. The highest BCUT2D eigenvalue weighted by molar-refractivity contribution is 6.11. The van der Waals surface area contributed by atoms with E-state index in [1.54, 1.807) is 12.1 Å². The number of carbonyl (C=O) groups excluding carboxylic acids is 3. The number of ether oxygens (including phenoxy) is 1. The monoisotopic (exact) mass is 552 g/mol. The van der Waals surface area contributed by atoms with Crippen molar-refractivity contribution >= 4 is 29.2 Å². The maximum Gasteiger partial charge on any atom is 0.338 e. The second-order valence-electron chi connectivity index (χ2n) is 11.2. The lowest BCUT2D eigenvalue weighted by atomic mass is 9.68. The fraction of sp³-hybridized carbons (Fsp3) is 0.656. The first kappa shape index (κ1) is 31.5. The topological polar surface area (TPSA) is 109 Å². The van der Waals surface area contributed by atoms with Gasteiger partial charge in [-0.3, -0.25) is 9.59 Å². The summed E-state index contributed by atoms with van der Waals surface area (Å²) in [5, 5.41) is 9.12. The van der Waals surface area contributed by atoms with Gasteiger partial charge in [0.05, 0.1) is 11.3 Å². The number of rotatable bonds is 16. The third-order valence-electron chi connectivity index (χ3n) is 7.90. The van der Waals surface area contributed by atoms with Gasteiger partial charge in [0.1, 0.15) is 6.10 Å². The molecule has 1 aromatic carbocycles. The van der Waals surface area contributed by atoms with Crippen LogP contribution in [0.1, 0.15) is 127 Å². The summed E-state index contributed by atoms with van der Waals surface area (Å²) >= 11 is 0. The molecule has 220 valence electrons. The van der Waals surface area contributed by atoms with Crippen LogP contribution in [-0.4, -0.2) is 35.3 Å². The van der Waals surface area contributed by atoms with Crippen molar-refractivity contribution in [1.82, 2.24) is 10.9 Å². The largest absolute Gasteiger partial charge is 0.459 e. The summed E-state index contributed by atoms with van der Waals surface area (Å²) in [7, 11) is 0. The van der Waals surface area contributed by atoms with Gasteiger partial charge in [-0.15, -0.1) is 0 Å². The van der Waals surface area contributed by atoms with E-state index < -0.39 is 0 Å². The van der Waals surface area contributed by atoms with E-state index in [1.807, 2.05) is 18.2 Å². The van der Waals surface area contributed by atoms with Crippen molar-refractivity contribution in [1.29, 1.82) is 0 Å². The van der Waals surface area contributed by atoms with Crippen LogP contribution >= 0.6 is 0 Å². The minimum atomic E-state index is -0.338. The minimum absolute atomic E-state index is 0.0745. The average molecular weight is 553 g/mol. The first-order chi connectivity index (χ1) is 19.5. The Balaban J connectivity index is 1.64. The molecule has 3 rings (SSSR count). The van der Waals surface area contributed by atoms with Gasteiger partial charge in [0.2, 0.25) is 11.8 Å². The number of amides is 2. The Bertz CT molecular complexity index is 1010. The molecule has 3 atom stereocenters. The molecule has 0 spiro atoms. The fourth-order valence-corrected chi connectivity index (χ4v) is 5.62. The number of benzene rings is 1. The molecule has 2 N–H and O–H groups in total. The molecular formula is C32H48N4O4. The van der Waals surface area contributed by atoms with Crippen LogP contribution in [0.15, 0.2) is 40.5 Å². The Kier molecular flexibility index (Phi) is 13.9. The van der Waals surface area contributed by atoms with Crippen molar-refractivity contribution in [3.63, 3.8) is 0 Å². The first-order valence-electron chi connectivity index (χ1n) is 15.5. The van der Waals surface area contributed by atoms with Gasteiger partial charge in [0, 0.05) is 30.4 Å². The van der Waals surface area contributed by atoms with E-state index in [4.69, 9.17) is 4.74 Å². The molecule has 0 heterocycles. The van der Waals surface area contributed by atoms with Gasteiger partial charge in [-0.25, -0.2) is 15.6 Å². The van der Waals surface area contributed by atoms with E-state index in [0.29, 0.717) is 31.2 Å². The van der Waals surface area contributed by atoms with E-state index in [1.165, 1.54) is 25.7 Å². The van der Waals surface area contributed by atoms with Crippen molar-refractivity contribution in [2.24, 2.45) is 22.0 Å². The number of hydrazone groups is 2. The Labute approximate surface area is 239 Å². The second kappa shape index (κ2) is 17.6. The summed E-state index contributed by atoms with van der Waals surface area (Å²) < 4.78 is 5.91. The predicted molar refractivity (Wildman–Crippen MR) is 159 cm³/mol. The second-order valence-corrected chi connectivity index (χ2v) is 11.2. The lowest BCUT2D eigenvalue weighted by molar-refractivity contribution is -0.122. The van der Waals surface area contributed by atoms with Gasteiger partial charge in [-0.05, 0) is 50.7 Å². The maximum atomic E-state index is 12.8. The van der Waals surface area contributed by atoms with E-state index in [-0.39, 0.29) is 35.7 Å². The molecule has 0 unspecified atom stereocenters. The maximum absolute atomic E-state index is 12.8. The molecule has 0 saturated heterocycles. The molecule has 0 aromatic heterocycles. The summed E-state index contributed by atoms with van der Waals surface area (Å²) in [4.78, 5) is 37.7. The number of unbranched alkanes of at least 4 members (excludes halogenated alkanes) is 8. The summed E-state index contributed by atoms with van der Waals surface area (Å²) in [5.74, 6) is -0.588. The van der Waals surface area contributed by atoms with Crippen molar-refractivity contribution in [2.75, 3.05) is 0 Å². The van der Waals surface area contributed by atoms with E-state index in [0.717, 1.165) is 62.8 Å². The SMILES string of the molecule is CCCCCCCC(=O)N/N=C1\CC[C@H]2C[C@H](OC(=O)c3ccccc3)C[C@@H]1/C2=N/NC(=O)CCCCCCC. The molecule has 0 aliphatic heterocycles. The zero-order chi connectivity index (χ0) is 28.6. The third kappa shape index (κ3) is 10.5. The highest BCUT2D eigenvalue weighted by atomic mass is 16.5. The zero-order valence-electron chi connectivity index (χ0n) is 24.5. The predicted octanol–water partition coefficient (Wildman–Crippen LogP) is 6.70. The lowest BCUT2D eigenvalue weighted by Gasteiger charge is -2.40. The normalized spacial score (nSPS) is 22.2. The van der Waals surface area contributed by atoms with E-state index in [2.05, 4.69) is 34.9 Å². The molecule has 2 bridgehead atoms. The molecule has 8 heteroatoms. The van der Waals surface area contributed by atoms with Crippen LogP contribution in [0.2, 0.25) is 0 Å². The first-order valence-corrected chi connectivity index (χ1v) is 15.5. The molecular weight excluding hydrogens is 504 g/mol. The minimum Gasteiger partial charge on any atom is -0.459 e. The van der Waals surface area contributed by atoms with Gasteiger partial charge in [-0.2, -0.15) is 10.2 Å². The molecule has 2 aliphatic rings. The molecule has 8 nitrogen and oxygen atoms in total. The number of hydrogen-bond acceptors (Lipinski definition) is 6. The highest BCUT2D eigenvalue weighted by Gasteiger charge is 2.42. The molecule has 0 radical (unpaired) electrons. The van der Waals surface area contributed by atoms with E-state index in [9.17, 15) is 14.4 Å². The molecule has 40 heavy (non-hydrogen) atoms. The Hall–Kier alpha value is -3.03. The fourth-order valence-electron chi connectivity index (χ4n) is 5.62. The number of hydrogen-bond donors (Lipinski definition) is 2. The van der Waals surface area contributed by atoms with E-state index >= 15 is 0 Å². The van der Waals surface area contributed by atoms with Crippen LogP contribution in [-0.2, 0) is 14.3 Å². The Morgan fingerprint density at radius 3 is 2.02 bits per heavy atom. The van der Waals surface area contributed by atoms with Crippen molar-refractivity contribution in [3.05, 3.63) is 35.9 Å². The number of esters is 1. The highest BCUT2D eigenvalue weighted by Crippen LogP contribution is 2.38. The van der Waals surface area contributed by atoms with Crippen LogP contribution < -0.4 is 10.9 Å². The molecule has 2 fully saturated rings. The molecule has 2 saturated carbocycles. The number of carbonyl (C=O) groups is 3. The molecule has 2 aliphatic carbocycles. The third-order valence-corrected chi connectivity index (χ3v) is 7.90. The quantitative estimate of drug-likeness (QED) is 0.135. The van der Waals surface area contributed by atoms with Gasteiger partial charge >= 0.3 is 5.97 Å². The number of nitrogens with one attached hydrogen (secondary N) is 2. The summed E-state index contributed by atoms with van der Waals surface area (Å²) in [6.45, 7) is 4.35. The molecule has 1 aromatic rings. The van der Waals surface area contributed by atoms with Crippen LogP contribution in [0, 0.1) is 11.8 Å². The average Bonchev–Trinajstić information content (AvgIpc) is 2.96. The van der Waals surface area contributed by atoms with Crippen LogP contribution in [0.5, 0.6) is 0 Å². The van der Waals surface area contributed by atoms with Crippen molar-refractivity contribution < 1.29 is 19.1 Å². The van der Waals surface area contributed by atoms with Crippen LogP contribution in [0.25, 0.3) is 0 Å². The van der Waals surface area contributed by atoms with Crippen molar-refractivity contribution in [2.45, 2.75) is 123 Å². The summed E-state index contributed by atoms with van der Waals surface area (Å²) in [6.07, 6.45) is 14.2. The van der Waals surface area contributed by atoms with Crippen LogP contribution in [0.3, 0.4) is 0 Å². The van der Waals surface area contributed by atoms with Gasteiger partial charge in [0.15, 0.2) is 0 Å². The number of nitrogens with zero attached hydrogens (tertiary/aromatic N) is 2. The summed E-state index contributed by atoms with van der Waals surface area (Å²) in [6, 6.07) is 9.01. The Morgan fingerprint density at radius 1 is 0.800 bits per heavy atom. The Morgan fingerprint density at radius 2 is 1.40 bits per heavy atom. The molecule has 2 amide bonds. The zero-order valence-corrected chi connectivity index (χ0v) is 24.5. The van der Waals surface area contributed by atoms with Gasteiger partial charge in [-0.1, -0.05) is 83.4 Å². The summed E-state index contributed by atoms with van der Waals surface area (Å²) in [5.41, 5.74) is 7.78.